The number of sulfone groups is 1. The van der Waals surface area contributed by atoms with E-state index in [4.69, 9.17) is 4.74 Å². The van der Waals surface area contributed by atoms with Gasteiger partial charge in [0.2, 0.25) is 0 Å². The van der Waals surface area contributed by atoms with Crippen molar-refractivity contribution in [1.82, 2.24) is 0 Å². The van der Waals surface area contributed by atoms with Gasteiger partial charge in [-0.05, 0) is 33.8 Å². The number of Topliss-reactive ketones (excluding diaryl/α,β-unsaturated/α-hetero) is 1. The van der Waals surface area contributed by atoms with Gasteiger partial charge >= 0.3 is 5.97 Å². The number of carbonyl (C=O) groups excluding carboxylic acids is 2. The van der Waals surface area contributed by atoms with E-state index in [9.17, 15) is 18.0 Å². The van der Waals surface area contributed by atoms with Crippen LogP contribution in [0.25, 0.3) is 0 Å². The van der Waals surface area contributed by atoms with E-state index < -0.39 is 38.7 Å². The molecule has 0 radical (unpaired) electrons. The van der Waals surface area contributed by atoms with Crippen molar-refractivity contribution in [1.29, 1.82) is 0 Å². The van der Waals surface area contributed by atoms with Crippen LogP contribution >= 0.6 is 0 Å². The molecule has 0 aliphatic heterocycles. The van der Waals surface area contributed by atoms with E-state index in [0.29, 0.717) is 5.56 Å². The minimum absolute atomic E-state index is 0.322. The average molecular weight is 312 g/mol. The van der Waals surface area contributed by atoms with E-state index in [1.54, 1.807) is 39.0 Å². The molecule has 0 spiro atoms. The highest BCUT2D eigenvalue weighted by atomic mass is 32.2. The summed E-state index contributed by atoms with van der Waals surface area (Å²) in [5.41, 5.74) is 0.431. The van der Waals surface area contributed by atoms with Crippen molar-refractivity contribution in [3.63, 3.8) is 0 Å². The monoisotopic (exact) mass is 312 g/mol. The summed E-state index contributed by atoms with van der Waals surface area (Å²) in [6.45, 7) is 6.76. The number of hydrogen-bond acceptors (Lipinski definition) is 5. The number of carbonyl (C=O) groups is 2. The molecule has 0 heterocycles. The van der Waals surface area contributed by atoms with Gasteiger partial charge in [-0.3, -0.25) is 9.59 Å². The van der Waals surface area contributed by atoms with E-state index in [1.165, 1.54) is 0 Å². The van der Waals surface area contributed by atoms with Gasteiger partial charge in [0.05, 0.1) is 0 Å². The third-order valence-corrected chi connectivity index (χ3v) is 3.83. The molecular formula is C15H20O5S. The number of ketones is 1. The largest absolute Gasteiger partial charge is 0.459 e. The van der Waals surface area contributed by atoms with E-state index in [1.807, 2.05) is 13.0 Å². The molecule has 0 N–H and O–H groups in total. The van der Waals surface area contributed by atoms with Gasteiger partial charge in [0.15, 0.2) is 15.6 Å². The van der Waals surface area contributed by atoms with Gasteiger partial charge in [0.1, 0.15) is 17.1 Å². The molecule has 0 saturated heterocycles. The molecular weight excluding hydrogens is 292 g/mol. The summed E-state index contributed by atoms with van der Waals surface area (Å²) in [7, 11) is -3.84. The van der Waals surface area contributed by atoms with Gasteiger partial charge in [-0.15, -0.1) is 0 Å². The minimum atomic E-state index is -3.84. The lowest BCUT2D eigenvalue weighted by molar-refractivity contribution is -0.151. The summed E-state index contributed by atoms with van der Waals surface area (Å²) < 4.78 is 28.7. The Hall–Kier alpha value is -1.69. The highest BCUT2D eigenvalue weighted by Gasteiger charge is 2.25. The first-order valence-corrected chi connectivity index (χ1v) is 8.33. The Morgan fingerprint density at radius 1 is 1.14 bits per heavy atom. The topological polar surface area (TPSA) is 77.5 Å². The number of hydrogen-bond donors (Lipinski definition) is 0. The van der Waals surface area contributed by atoms with Crippen LogP contribution in [0, 0.1) is 6.92 Å². The Morgan fingerprint density at radius 3 is 2.29 bits per heavy atom. The van der Waals surface area contributed by atoms with Crippen LogP contribution in [0.2, 0.25) is 0 Å². The lowest BCUT2D eigenvalue weighted by atomic mass is 10.1. The summed E-state index contributed by atoms with van der Waals surface area (Å²) in [5, 5.41) is 0. The van der Waals surface area contributed by atoms with E-state index >= 15 is 0 Å². The SMILES string of the molecule is Cc1cccc(C(=O)CS(=O)(=O)CC(=O)OC(C)(C)C)c1. The second-order valence-corrected chi connectivity index (χ2v) is 7.98. The predicted octanol–water partition coefficient (Wildman–Crippen LogP) is 1.93. The molecule has 21 heavy (non-hydrogen) atoms. The van der Waals surface area contributed by atoms with E-state index in [2.05, 4.69) is 0 Å². The van der Waals surface area contributed by atoms with Crippen molar-refractivity contribution in [2.24, 2.45) is 0 Å². The molecule has 6 heteroatoms. The molecule has 5 nitrogen and oxygen atoms in total. The fourth-order valence-corrected chi connectivity index (χ4v) is 2.79. The van der Waals surface area contributed by atoms with Crippen LogP contribution in [0.15, 0.2) is 24.3 Å². The third kappa shape index (κ3) is 6.53. The van der Waals surface area contributed by atoms with Gasteiger partial charge in [0.25, 0.3) is 0 Å². The quantitative estimate of drug-likeness (QED) is 0.613. The highest BCUT2D eigenvalue weighted by Crippen LogP contribution is 2.10. The smallest absolute Gasteiger partial charge is 0.321 e. The van der Waals surface area contributed by atoms with Crippen molar-refractivity contribution in [2.75, 3.05) is 11.5 Å². The molecule has 116 valence electrons. The summed E-state index contributed by atoms with van der Waals surface area (Å²) in [4.78, 5) is 23.5. The molecule has 0 saturated carbocycles. The fraction of sp³-hybridized carbons (Fsp3) is 0.467. The molecule has 0 aromatic heterocycles. The Kier molecular flexibility index (Phi) is 5.28. The maximum atomic E-state index is 11.9. The molecule has 1 aromatic rings. The van der Waals surface area contributed by atoms with E-state index in [0.717, 1.165) is 5.56 Å². The number of rotatable bonds is 5. The lowest BCUT2D eigenvalue weighted by Crippen LogP contribution is -2.30. The highest BCUT2D eigenvalue weighted by molar-refractivity contribution is 7.92. The van der Waals surface area contributed by atoms with E-state index in [-0.39, 0.29) is 0 Å². The van der Waals surface area contributed by atoms with Gasteiger partial charge < -0.3 is 4.74 Å². The minimum Gasteiger partial charge on any atom is -0.459 e. The second-order valence-electron chi connectivity index (χ2n) is 5.91. The summed E-state index contributed by atoms with van der Waals surface area (Å²) in [6, 6.07) is 6.67. The molecule has 0 amide bonds. The summed E-state index contributed by atoms with van der Waals surface area (Å²) in [6.07, 6.45) is 0. The molecule has 0 unspecified atom stereocenters. The van der Waals surface area contributed by atoms with Crippen LogP contribution in [0.3, 0.4) is 0 Å². The van der Waals surface area contributed by atoms with Gasteiger partial charge in [-0.25, -0.2) is 8.42 Å². The first kappa shape index (κ1) is 17.4. The standard InChI is InChI=1S/C15H20O5S/c1-11-6-5-7-12(8-11)13(16)9-21(18,19)10-14(17)20-15(2,3)4/h5-8H,9-10H2,1-4H3. The molecule has 0 bridgehead atoms. The first-order valence-electron chi connectivity index (χ1n) is 6.51. The zero-order chi connectivity index (χ0) is 16.3. The molecule has 0 aliphatic carbocycles. The van der Waals surface area contributed by atoms with Gasteiger partial charge in [-0.2, -0.15) is 0 Å². The van der Waals surface area contributed by atoms with Crippen LogP contribution in [0.1, 0.15) is 36.7 Å². The summed E-state index contributed by atoms with van der Waals surface area (Å²) in [5.74, 6) is -2.86. The molecule has 1 aromatic carbocycles. The van der Waals surface area contributed by atoms with Crippen LogP contribution in [-0.2, 0) is 19.4 Å². The lowest BCUT2D eigenvalue weighted by Gasteiger charge is -2.19. The number of benzene rings is 1. The van der Waals surface area contributed by atoms with Crippen LogP contribution in [-0.4, -0.2) is 37.3 Å². The fourth-order valence-electron chi connectivity index (χ4n) is 1.70. The van der Waals surface area contributed by atoms with Crippen molar-refractivity contribution in [3.8, 4) is 0 Å². The molecule has 1 rings (SSSR count). The molecule has 0 fully saturated rings. The Balaban J connectivity index is 2.73. The van der Waals surface area contributed by atoms with Crippen molar-refractivity contribution in [2.45, 2.75) is 33.3 Å². The zero-order valence-corrected chi connectivity index (χ0v) is 13.5. The maximum absolute atomic E-state index is 11.9. The molecule has 0 aliphatic rings. The zero-order valence-electron chi connectivity index (χ0n) is 12.7. The Labute approximate surface area is 125 Å². The number of aryl methyl sites for hydroxylation is 1. The predicted molar refractivity (Wildman–Crippen MR) is 80.0 cm³/mol. The second kappa shape index (κ2) is 6.39. The van der Waals surface area contributed by atoms with Gasteiger partial charge in [-0.1, -0.05) is 23.8 Å². The normalized spacial score (nSPS) is 12.0. The summed E-state index contributed by atoms with van der Waals surface area (Å²) >= 11 is 0. The number of ether oxygens (including phenoxy) is 1. The van der Waals surface area contributed by atoms with Gasteiger partial charge in [0, 0.05) is 5.56 Å². The third-order valence-electron chi connectivity index (χ3n) is 2.45. The van der Waals surface area contributed by atoms with Crippen LogP contribution < -0.4 is 0 Å². The Morgan fingerprint density at radius 2 is 1.76 bits per heavy atom. The van der Waals surface area contributed by atoms with Crippen LogP contribution in [0.5, 0.6) is 0 Å². The average Bonchev–Trinajstić information content (AvgIpc) is 2.24. The first-order chi connectivity index (χ1) is 9.48. The Bertz CT molecular complexity index is 638. The molecule has 0 atom stereocenters. The van der Waals surface area contributed by atoms with Crippen LogP contribution in [0.4, 0.5) is 0 Å². The van der Waals surface area contributed by atoms with Crippen molar-refractivity contribution < 1.29 is 22.7 Å². The number of esters is 1. The maximum Gasteiger partial charge on any atom is 0.321 e. The van der Waals surface area contributed by atoms with Crippen molar-refractivity contribution in [3.05, 3.63) is 35.4 Å². The van der Waals surface area contributed by atoms with Crippen molar-refractivity contribution >= 4 is 21.6 Å².